The topological polar surface area (TPSA) is 51.0 Å². The molecule has 2 saturated heterocycles. The Morgan fingerprint density at radius 2 is 2.28 bits per heavy atom. The van der Waals surface area contributed by atoms with Gasteiger partial charge >= 0.3 is 0 Å². The van der Waals surface area contributed by atoms with Gasteiger partial charge in [0.2, 0.25) is 5.89 Å². The maximum atomic E-state index is 5.37. The molecule has 3 rings (SSSR count). The van der Waals surface area contributed by atoms with E-state index >= 15 is 0 Å². The molecule has 100 valence electrons. The Morgan fingerprint density at radius 3 is 3.06 bits per heavy atom. The zero-order chi connectivity index (χ0) is 12.2. The minimum Gasteiger partial charge on any atom is -0.339 e. The van der Waals surface area contributed by atoms with E-state index in [0.717, 1.165) is 24.6 Å². The van der Waals surface area contributed by atoms with E-state index in [2.05, 4.69) is 15.5 Å². The van der Waals surface area contributed by atoms with E-state index < -0.39 is 0 Å². The van der Waals surface area contributed by atoms with Gasteiger partial charge in [-0.05, 0) is 44.4 Å². The molecule has 2 aliphatic rings. The van der Waals surface area contributed by atoms with Crippen LogP contribution in [0, 0.1) is 0 Å². The molecule has 0 aliphatic carbocycles. The number of hydrogen-bond acceptors (Lipinski definition) is 5. The van der Waals surface area contributed by atoms with E-state index in [4.69, 9.17) is 4.52 Å². The van der Waals surface area contributed by atoms with E-state index in [-0.39, 0.29) is 0 Å². The van der Waals surface area contributed by atoms with Crippen molar-refractivity contribution in [1.29, 1.82) is 0 Å². The number of aryl methyl sites for hydroxylation is 1. The van der Waals surface area contributed by atoms with Crippen molar-refractivity contribution in [2.24, 2.45) is 0 Å². The number of aromatic nitrogens is 2. The quantitative estimate of drug-likeness (QED) is 0.909. The summed E-state index contributed by atoms with van der Waals surface area (Å²) >= 11 is 1.96. The second-order valence-electron chi connectivity index (χ2n) is 5.23. The third-order valence-electron chi connectivity index (χ3n) is 3.82. The van der Waals surface area contributed by atoms with Crippen molar-refractivity contribution in [2.75, 3.05) is 12.3 Å². The van der Waals surface area contributed by atoms with Crippen LogP contribution in [0.5, 0.6) is 0 Å². The van der Waals surface area contributed by atoms with Crippen molar-refractivity contribution < 1.29 is 4.52 Å². The predicted molar refractivity (Wildman–Crippen MR) is 72.7 cm³/mol. The fourth-order valence-electron chi connectivity index (χ4n) is 2.75. The first-order chi connectivity index (χ1) is 8.92. The highest BCUT2D eigenvalue weighted by Gasteiger charge is 2.23. The predicted octanol–water partition coefficient (Wildman–Crippen LogP) is 2.71. The lowest BCUT2D eigenvalue weighted by atomic mass is 10.0. The Kier molecular flexibility index (Phi) is 4.20. The summed E-state index contributed by atoms with van der Waals surface area (Å²) in [6, 6.07) is 0.648. The molecule has 2 atom stereocenters. The van der Waals surface area contributed by atoms with Crippen LogP contribution in [0.25, 0.3) is 0 Å². The third-order valence-corrected chi connectivity index (χ3v) is 5.19. The van der Waals surface area contributed by atoms with Gasteiger partial charge in [0.15, 0.2) is 5.82 Å². The van der Waals surface area contributed by atoms with Gasteiger partial charge in [0.25, 0.3) is 0 Å². The van der Waals surface area contributed by atoms with Crippen LogP contribution in [0.4, 0.5) is 0 Å². The highest BCUT2D eigenvalue weighted by molar-refractivity contribution is 7.99. The number of rotatable bonds is 4. The Bertz CT molecular complexity index is 370. The number of hydrogen-bond donors (Lipinski definition) is 1. The summed E-state index contributed by atoms with van der Waals surface area (Å²) in [5.74, 6) is 2.98. The van der Waals surface area contributed by atoms with E-state index in [1.54, 1.807) is 0 Å². The van der Waals surface area contributed by atoms with Crippen molar-refractivity contribution in [3.63, 3.8) is 0 Å². The molecule has 18 heavy (non-hydrogen) atoms. The lowest BCUT2D eigenvalue weighted by molar-refractivity contribution is 0.340. The molecular formula is C13H21N3OS. The molecule has 1 N–H and O–H groups in total. The van der Waals surface area contributed by atoms with Crippen molar-refractivity contribution in [3.8, 4) is 0 Å². The largest absolute Gasteiger partial charge is 0.339 e. The zero-order valence-corrected chi connectivity index (χ0v) is 11.5. The third kappa shape index (κ3) is 3.06. The average Bonchev–Trinajstić information content (AvgIpc) is 3.08. The average molecular weight is 267 g/mol. The van der Waals surface area contributed by atoms with E-state index in [1.165, 1.54) is 44.4 Å². The molecule has 2 unspecified atom stereocenters. The van der Waals surface area contributed by atoms with Crippen molar-refractivity contribution in [1.82, 2.24) is 15.5 Å². The van der Waals surface area contributed by atoms with E-state index in [9.17, 15) is 0 Å². The van der Waals surface area contributed by atoms with Crippen LogP contribution in [0.2, 0.25) is 0 Å². The fraction of sp³-hybridized carbons (Fsp3) is 0.846. The summed E-state index contributed by atoms with van der Waals surface area (Å²) in [6.45, 7) is 1.17. The second kappa shape index (κ2) is 6.06. The number of piperidine rings is 1. The van der Waals surface area contributed by atoms with E-state index in [0.29, 0.717) is 11.3 Å². The molecule has 5 heteroatoms. The molecule has 2 aliphatic heterocycles. The Morgan fingerprint density at radius 1 is 1.28 bits per heavy atom. The Hall–Kier alpha value is -0.550. The van der Waals surface area contributed by atoms with Gasteiger partial charge in [0.1, 0.15) is 0 Å². The summed E-state index contributed by atoms with van der Waals surface area (Å²) in [7, 11) is 0. The lowest BCUT2D eigenvalue weighted by Crippen LogP contribution is -2.34. The molecule has 0 saturated carbocycles. The molecule has 3 heterocycles. The molecule has 2 fully saturated rings. The van der Waals surface area contributed by atoms with Gasteiger partial charge in [-0.15, -0.1) is 0 Å². The van der Waals surface area contributed by atoms with Crippen LogP contribution >= 0.6 is 11.8 Å². The van der Waals surface area contributed by atoms with Gasteiger partial charge in [0.05, 0.1) is 5.25 Å². The van der Waals surface area contributed by atoms with Crippen molar-refractivity contribution >= 4 is 11.8 Å². The molecule has 0 amide bonds. The number of thioether (sulfide) groups is 1. The molecule has 0 spiro atoms. The molecule has 0 bridgehead atoms. The SMILES string of the molecule is C1CCC(CCc2nc(C3CCCS3)no2)NC1. The fourth-order valence-corrected chi connectivity index (χ4v) is 3.95. The summed E-state index contributed by atoms with van der Waals surface area (Å²) < 4.78 is 5.37. The summed E-state index contributed by atoms with van der Waals surface area (Å²) in [6.07, 6.45) is 8.49. The van der Waals surface area contributed by atoms with Crippen LogP contribution in [0.3, 0.4) is 0 Å². The first kappa shape index (κ1) is 12.5. The smallest absolute Gasteiger partial charge is 0.226 e. The van der Waals surface area contributed by atoms with E-state index in [1.807, 2.05) is 11.8 Å². The first-order valence-corrected chi connectivity index (χ1v) is 8.14. The van der Waals surface area contributed by atoms with Crippen LogP contribution in [0.15, 0.2) is 4.52 Å². The Balaban J connectivity index is 1.50. The highest BCUT2D eigenvalue weighted by Crippen LogP contribution is 2.38. The molecule has 0 aromatic carbocycles. The summed E-state index contributed by atoms with van der Waals surface area (Å²) in [5, 5.41) is 8.17. The van der Waals surface area contributed by atoms with Crippen LogP contribution in [-0.4, -0.2) is 28.5 Å². The highest BCUT2D eigenvalue weighted by atomic mass is 32.2. The van der Waals surface area contributed by atoms with Crippen LogP contribution in [-0.2, 0) is 6.42 Å². The number of nitrogens with zero attached hydrogens (tertiary/aromatic N) is 2. The van der Waals surface area contributed by atoms with Gasteiger partial charge in [0, 0.05) is 12.5 Å². The molecule has 0 radical (unpaired) electrons. The standard InChI is InChI=1S/C13H21N3OS/c1-2-8-14-10(4-1)6-7-12-15-13(16-17-12)11-5-3-9-18-11/h10-11,14H,1-9H2. The van der Waals surface area contributed by atoms with Gasteiger partial charge in [-0.25, -0.2) is 0 Å². The van der Waals surface area contributed by atoms with Crippen molar-refractivity contribution in [2.45, 2.75) is 56.2 Å². The monoisotopic (exact) mass is 267 g/mol. The minimum atomic E-state index is 0.482. The van der Waals surface area contributed by atoms with Gasteiger partial charge in [-0.2, -0.15) is 16.7 Å². The molecule has 1 aromatic rings. The normalized spacial score (nSPS) is 28.7. The van der Waals surface area contributed by atoms with Gasteiger partial charge < -0.3 is 9.84 Å². The summed E-state index contributed by atoms with van der Waals surface area (Å²) in [5.41, 5.74) is 0. The maximum absolute atomic E-state index is 5.37. The lowest BCUT2D eigenvalue weighted by Gasteiger charge is -2.22. The van der Waals surface area contributed by atoms with Crippen molar-refractivity contribution in [3.05, 3.63) is 11.7 Å². The van der Waals surface area contributed by atoms with Gasteiger partial charge in [-0.3, -0.25) is 0 Å². The minimum absolute atomic E-state index is 0.482. The molecule has 1 aromatic heterocycles. The number of nitrogens with one attached hydrogen (secondary N) is 1. The zero-order valence-electron chi connectivity index (χ0n) is 10.7. The van der Waals surface area contributed by atoms with Crippen LogP contribution < -0.4 is 5.32 Å². The van der Waals surface area contributed by atoms with Gasteiger partial charge in [-0.1, -0.05) is 11.6 Å². The molecule has 4 nitrogen and oxygen atoms in total. The second-order valence-corrected chi connectivity index (χ2v) is 6.54. The molecular weight excluding hydrogens is 246 g/mol. The van der Waals surface area contributed by atoms with Crippen LogP contribution in [0.1, 0.15) is 55.5 Å². The Labute approximate surface area is 112 Å². The summed E-state index contributed by atoms with van der Waals surface area (Å²) in [4.78, 5) is 4.55. The maximum Gasteiger partial charge on any atom is 0.226 e. The first-order valence-electron chi connectivity index (χ1n) is 7.09.